The lowest BCUT2D eigenvalue weighted by atomic mass is 10.00. The predicted molar refractivity (Wildman–Crippen MR) is 84.9 cm³/mol. The van der Waals surface area contributed by atoms with Crippen LogP contribution in [-0.2, 0) is 9.59 Å². The van der Waals surface area contributed by atoms with Crippen LogP contribution in [0.1, 0.15) is 29.8 Å². The molecule has 5 heteroatoms. The Morgan fingerprint density at radius 3 is 1.41 bits per heavy atom. The minimum Gasteiger partial charge on any atom is -0.326 e. The van der Waals surface area contributed by atoms with E-state index in [-0.39, 0.29) is 17.6 Å². The normalized spacial score (nSPS) is 9.91. The summed E-state index contributed by atoms with van der Waals surface area (Å²) < 4.78 is 0. The third-order valence-corrected chi connectivity index (χ3v) is 2.96. The lowest BCUT2D eigenvalue weighted by Gasteiger charge is -2.12. The summed E-state index contributed by atoms with van der Waals surface area (Å²) in [6.45, 7) is 2.76. The van der Waals surface area contributed by atoms with Crippen LogP contribution in [0, 0.1) is 0 Å². The van der Waals surface area contributed by atoms with Gasteiger partial charge in [0, 0.05) is 25.0 Å². The quantitative estimate of drug-likeness (QED) is 0.852. The fraction of sp³-hybridized carbons (Fsp3) is 0.118. The Hall–Kier alpha value is -2.95. The molecule has 0 aliphatic heterocycles. The highest BCUT2D eigenvalue weighted by Crippen LogP contribution is 2.23. The molecule has 0 unspecified atom stereocenters. The lowest BCUT2D eigenvalue weighted by molar-refractivity contribution is -0.115. The number of amides is 2. The second-order valence-corrected chi connectivity index (χ2v) is 4.78. The minimum absolute atomic E-state index is 0.254. The van der Waals surface area contributed by atoms with E-state index in [9.17, 15) is 14.4 Å². The average molecular weight is 296 g/mol. The summed E-state index contributed by atoms with van der Waals surface area (Å²) in [6, 6.07) is 13.5. The van der Waals surface area contributed by atoms with E-state index in [1.807, 2.05) is 0 Å². The molecule has 0 atom stereocenters. The smallest absolute Gasteiger partial charge is 0.221 e. The summed E-state index contributed by atoms with van der Waals surface area (Å²) in [5.41, 5.74) is 1.63. The largest absolute Gasteiger partial charge is 0.326 e. The summed E-state index contributed by atoms with van der Waals surface area (Å²) in [6.07, 6.45) is 0. The summed E-state index contributed by atoms with van der Waals surface area (Å²) in [7, 11) is 0. The van der Waals surface area contributed by atoms with Gasteiger partial charge in [0.05, 0.1) is 11.4 Å². The Kier molecular flexibility index (Phi) is 4.68. The van der Waals surface area contributed by atoms with E-state index in [4.69, 9.17) is 0 Å². The first-order valence-electron chi connectivity index (χ1n) is 6.77. The first-order valence-corrected chi connectivity index (χ1v) is 6.77. The third kappa shape index (κ3) is 3.58. The zero-order valence-electron chi connectivity index (χ0n) is 12.3. The monoisotopic (exact) mass is 296 g/mol. The van der Waals surface area contributed by atoms with Gasteiger partial charge in [0.25, 0.3) is 0 Å². The second kappa shape index (κ2) is 6.67. The maximum absolute atomic E-state index is 12.7. The van der Waals surface area contributed by atoms with Crippen molar-refractivity contribution in [1.29, 1.82) is 0 Å². The Bertz CT molecular complexity index is 677. The van der Waals surface area contributed by atoms with Gasteiger partial charge in [-0.25, -0.2) is 0 Å². The number of rotatable bonds is 4. The summed E-state index contributed by atoms with van der Waals surface area (Å²) >= 11 is 0. The van der Waals surface area contributed by atoms with Gasteiger partial charge >= 0.3 is 0 Å². The van der Waals surface area contributed by atoms with Crippen molar-refractivity contribution in [1.82, 2.24) is 0 Å². The molecule has 0 saturated heterocycles. The molecule has 0 fully saturated rings. The molecule has 0 aromatic heterocycles. The number of anilines is 2. The van der Waals surface area contributed by atoms with Gasteiger partial charge in [0.15, 0.2) is 5.78 Å². The van der Waals surface area contributed by atoms with Crippen LogP contribution in [0.2, 0.25) is 0 Å². The van der Waals surface area contributed by atoms with Crippen molar-refractivity contribution in [3.05, 3.63) is 59.7 Å². The third-order valence-electron chi connectivity index (χ3n) is 2.96. The topological polar surface area (TPSA) is 75.3 Å². The van der Waals surface area contributed by atoms with Crippen LogP contribution in [0.25, 0.3) is 0 Å². The maximum Gasteiger partial charge on any atom is 0.221 e. The summed E-state index contributed by atoms with van der Waals surface area (Å²) in [5.74, 6) is -0.778. The lowest BCUT2D eigenvalue weighted by Crippen LogP contribution is -2.14. The molecule has 2 aromatic rings. The van der Waals surface area contributed by atoms with E-state index in [1.165, 1.54) is 13.8 Å². The molecule has 0 bridgehead atoms. The number of carbonyl (C=O) groups is 3. The molecule has 0 saturated carbocycles. The maximum atomic E-state index is 12.7. The number of ketones is 1. The molecule has 0 radical (unpaired) electrons. The fourth-order valence-electron chi connectivity index (χ4n) is 2.10. The minimum atomic E-state index is -0.270. The van der Waals surface area contributed by atoms with Crippen LogP contribution in [0.15, 0.2) is 48.5 Å². The van der Waals surface area contributed by atoms with Gasteiger partial charge in [-0.05, 0) is 24.3 Å². The number of hydrogen-bond donors (Lipinski definition) is 2. The highest BCUT2D eigenvalue weighted by molar-refractivity contribution is 6.17. The number of carbonyl (C=O) groups excluding carboxylic acids is 3. The van der Waals surface area contributed by atoms with Crippen molar-refractivity contribution in [2.45, 2.75) is 13.8 Å². The molecule has 0 heterocycles. The van der Waals surface area contributed by atoms with Crippen LogP contribution in [0.3, 0.4) is 0 Å². The molecule has 0 spiro atoms. The van der Waals surface area contributed by atoms with Crippen LogP contribution in [-0.4, -0.2) is 17.6 Å². The van der Waals surface area contributed by atoms with E-state index in [0.29, 0.717) is 22.5 Å². The van der Waals surface area contributed by atoms with Crippen molar-refractivity contribution in [3.8, 4) is 0 Å². The van der Waals surface area contributed by atoms with Gasteiger partial charge in [0.2, 0.25) is 11.8 Å². The second-order valence-electron chi connectivity index (χ2n) is 4.78. The number of para-hydroxylation sites is 2. The molecule has 0 aliphatic carbocycles. The molecule has 0 aliphatic rings. The van der Waals surface area contributed by atoms with Crippen molar-refractivity contribution in [3.63, 3.8) is 0 Å². The highest BCUT2D eigenvalue weighted by atomic mass is 16.2. The molecular formula is C17H16N2O3. The molecule has 2 N–H and O–H groups in total. The van der Waals surface area contributed by atoms with Gasteiger partial charge in [0.1, 0.15) is 0 Å². The van der Waals surface area contributed by atoms with Gasteiger partial charge in [-0.15, -0.1) is 0 Å². The number of nitrogens with one attached hydrogen (secondary N) is 2. The zero-order valence-corrected chi connectivity index (χ0v) is 12.3. The van der Waals surface area contributed by atoms with Crippen molar-refractivity contribution in [2.24, 2.45) is 0 Å². The van der Waals surface area contributed by atoms with Crippen LogP contribution >= 0.6 is 0 Å². The molecule has 22 heavy (non-hydrogen) atoms. The van der Waals surface area contributed by atoms with Crippen molar-refractivity contribution in [2.75, 3.05) is 10.6 Å². The summed E-state index contributed by atoms with van der Waals surface area (Å²) in [5, 5.41) is 5.27. The molecule has 2 rings (SSSR count). The highest BCUT2D eigenvalue weighted by Gasteiger charge is 2.17. The molecule has 2 amide bonds. The Morgan fingerprint density at radius 2 is 1.05 bits per heavy atom. The fourth-order valence-corrected chi connectivity index (χ4v) is 2.10. The molecular weight excluding hydrogens is 280 g/mol. The van der Waals surface area contributed by atoms with Crippen LogP contribution in [0.4, 0.5) is 11.4 Å². The van der Waals surface area contributed by atoms with E-state index < -0.39 is 0 Å². The van der Waals surface area contributed by atoms with E-state index in [1.54, 1.807) is 48.5 Å². The van der Waals surface area contributed by atoms with Crippen LogP contribution < -0.4 is 10.6 Å². The predicted octanol–water partition coefficient (Wildman–Crippen LogP) is 2.83. The van der Waals surface area contributed by atoms with Gasteiger partial charge in [-0.3, -0.25) is 14.4 Å². The van der Waals surface area contributed by atoms with E-state index in [0.717, 1.165) is 0 Å². The zero-order chi connectivity index (χ0) is 16.1. The number of hydrogen-bond acceptors (Lipinski definition) is 3. The molecule has 112 valence electrons. The average Bonchev–Trinajstić information content (AvgIpc) is 2.46. The Balaban J connectivity index is 2.45. The van der Waals surface area contributed by atoms with Gasteiger partial charge < -0.3 is 10.6 Å². The van der Waals surface area contributed by atoms with E-state index in [2.05, 4.69) is 10.6 Å². The van der Waals surface area contributed by atoms with Crippen LogP contribution in [0.5, 0.6) is 0 Å². The van der Waals surface area contributed by atoms with E-state index >= 15 is 0 Å². The Labute approximate surface area is 128 Å². The molecule has 5 nitrogen and oxygen atoms in total. The van der Waals surface area contributed by atoms with Gasteiger partial charge in [-0.1, -0.05) is 24.3 Å². The van der Waals surface area contributed by atoms with Crippen molar-refractivity contribution < 1.29 is 14.4 Å². The SMILES string of the molecule is CC(=O)Nc1ccccc1C(=O)c1ccccc1NC(C)=O. The summed E-state index contributed by atoms with van der Waals surface area (Å²) in [4.78, 5) is 35.3. The first kappa shape index (κ1) is 15.4. The first-order chi connectivity index (χ1) is 10.5. The van der Waals surface area contributed by atoms with Crippen molar-refractivity contribution >= 4 is 29.0 Å². The van der Waals surface area contributed by atoms with Gasteiger partial charge in [-0.2, -0.15) is 0 Å². The Morgan fingerprint density at radius 1 is 0.682 bits per heavy atom. The number of benzene rings is 2. The molecule has 2 aromatic carbocycles. The standard InChI is InChI=1S/C17H16N2O3/c1-11(20)18-15-9-5-3-7-13(15)17(22)14-8-4-6-10-16(14)19-12(2)21/h3-10H,1-2H3,(H,18,20)(H,19,21).